The van der Waals surface area contributed by atoms with Gasteiger partial charge in [0, 0.05) is 50.8 Å². The molecule has 128 valence electrons. The number of nitrogens with zero attached hydrogens (tertiary/aromatic N) is 3. The minimum Gasteiger partial charge on any atom is -0.371 e. The molecule has 0 saturated carbocycles. The van der Waals surface area contributed by atoms with Crippen molar-refractivity contribution in [2.24, 2.45) is 12.0 Å². The average molecular weight is 325 g/mol. The van der Waals surface area contributed by atoms with Crippen molar-refractivity contribution in [3.8, 4) is 0 Å². The summed E-state index contributed by atoms with van der Waals surface area (Å²) < 4.78 is 2.12. The van der Waals surface area contributed by atoms with E-state index in [1.54, 1.807) is 0 Å². The summed E-state index contributed by atoms with van der Waals surface area (Å²) in [7, 11) is 3.89. The van der Waals surface area contributed by atoms with E-state index >= 15 is 0 Å². The van der Waals surface area contributed by atoms with E-state index < -0.39 is 0 Å². The monoisotopic (exact) mass is 325 g/mol. The fourth-order valence-corrected chi connectivity index (χ4v) is 3.16. The zero-order chi connectivity index (χ0) is 16.8. The van der Waals surface area contributed by atoms with Crippen molar-refractivity contribution in [2.45, 2.75) is 25.4 Å². The zero-order valence-corrected chi connectivity index (χ0v) is 14.6. The van der Waals surface area contributed by atoms with E-state index in [0.717, 1.165) is 38.4 Å². The van der Waals surface area contributed by atoms with E-state index in [2.05, 4.69) is 80.8 Å². The van der Waals surface area contributed by atoms with Gasteiger partial charge < -0.3 is 20.1 Å². The molecule has 0 radical (unpaired) electrons. The SMILES string of the molecule is CN=C(NCc1cccn1C)NC1CCN(c2ccccc2)CC1. The van der Waals surface area contributed by atoms with Gasteiger partial charge in [-0.15, -0.1) is 0 Å². The molecule has 1 aromatic carbocycles. The highest BCUT2D eigenvalue weighted by molar-refractivity contribution is 5.79. The Morgan fingerprint density at radius 1 is 1.12 bits per heavy atom. The number of aliphatic imine (C=N–C) groups is 1. The van der Waals surface area contributed by atoms with E-state index in [4.69, 9.17) is 0 Å². The van der Waals surface area contributed by atoms with Crippen molar-refractivity contribution in [3.05, 3.63) is 54.4 Å². The van der Waals surface area contributed by atoms with Crippen molar-refractivity contribution in [1.29, 1.82) is 0 Å². The quantitative estimate of drug-likeness (QED) is 0.670. The second-order valence-corrected chi connectivity index (χ2v) is 6.28. The van der Waals surface area contributed by atoms with Gasteiger partial charge in [0.15, 0.2) is 5.96 Å². The van der Waals surface area contributed by atoms with Crippen LogP contribution in [0.1, 0.15) is 18.5 Å². The van der Waals surface area contributed by atoms with Crippen LogP contribution in [0.2, 0.25) is 0 Å². The molecule has 0 spiro atoms. The maximum absolute atomic E-state index is 4.36. The minimum atomic E-state index is 0.476. The lowest BCUT2D eigenvalue weighted by atomic mass is 10.0. The maximum atomic E-state index is 4.36. The van der Waals surface area contributed by atoms with Gasteiger partial charge >= 0.3 is 0 Å². The molecular weight excluding hydrogens is 298 g/mol. The van der Waals surface area contributed by atoms with E-state index in [0.29, 0.717) is 6.04 Å². The van der Waals surface area contributed by atoms with Gasteiger partial charge in [0.05, 0.1) is 6.54 Å². The van der Waals surface area contributed by atoms with E-state index in [-0.39, 0.29) is 0 Å². The van der Waals surface area contributed by atoms with Crippen molar-refractivity contribution in [2.75, 3.05) is 25.0 Å². The fourth-order valence-electron chi connectivity index (χ4n) is 3.16. The number of rotatable bonds is 4. The number of para-hydroxylation sites is 1. The van der Waals surface area contributed by atoms with Gasteiger partial charge in [0.1, 0.15) is 0 Å². The Morgan fingerprint density at radius 2 is 1.88 bits per heavy atom. The highest BCUT2D eigenvalue weighted by Gasteiger charge is 2.20. The summed E-state index contributed by atoms with van der Waals surface area (Å²) in [5.74, 6) is 0.884. The van der Waals surface area contributed by atoms with Crippen LogP contribution in [0.15, 0.2) is 53.7 Å². The first-order valence-electron chi connectivity index (χ1n) is 8.63. The molecule has 0 unspecified atom stereocenters. The molecule has 24 heavy (non-hydrogen) atoms. The molecule has 2 aromatic rings. The zero-order valence-electron chi connectivity index (χ0n) is 14.6. The molecule has 3 rings (SSSR count). The second-order valence-electron chi connectivity index (χ2n) is 6.28. The Hall–Kier alpha value is -2.43. The number of anilines is 1. The van der Waals surface area contributed by atoms with E-state index in [1.165, 1.54) is 11.4 Å². The number of piperidine rings is 1. The van der Waals surface area contributed by atoms with E-state index in [1.807, 2.05) is 7.05 Å². The molecule has 5 heteroatoms. The number of aryl methyl sites for hydroxylation is 1. The summed E-state index contributed by atoms with van der Waals surface area (Å²) in [5.41, 5.74) is 2.57. The lowest BCUT2D eigenvalue weighted by Gasteiger charge is -2.34. The van der Waals surface area contributed by atoms with Gasteiger partial charge in [-0.1, -0.05) is 18.2 Å². The highest BCUT2D eigenvalue weighted by atomic mass is 15.2. The Labute approximate surface area is 144 Å². The van der Waals surface area contributed by atoms with Gasteiger partial charge in [-0.2, -0.15) is 0 Å². The van der Waals surface area contributed by atoms with Gasteiger partial charge in [-0.05, 0) is 37.1 Å². The Morgan fingerprint density at radius 3 is 2.50 bits per heavy atom. The van der Waals surface area contributed by atoms with Crippen molar-refractivity contribution in [1.82, 2.24) is 15.2 Å². The molecule has 5 nitrogen and oxygen atoms in total. The number of hydrogen-bond acceptors (Lipinski definition) is 2. The second kappa shape index (κ2) is 7.90. The van der Waals surface area contributed by atoms with Crippen molar-refractivity contribution in [3.63, 3.8) is 0 Å². The summed E-state index contributed by atoms with van der Waals surface area (Å²) >= 11 is 0. The van der Waals surface area contributed by atoms with Crippen LogP contribution in [-0.2, 0) is 13.6 Å². The summed E-state index contributed by atoms with van der Waals surface area (Å²) in [5, 5.41) is 6.97. The number of hydrogen-bond donors (Lipinski definition) is 2. The molecule has 1 aliphatic rings. The first-order chi connectivity index (χ1) is 11.8. The van der Waals surface area contributed by atoms with Crippen LogP contribution < -0.4 is 15.5 Å². The lowest BCUT2D eigenvalue weighted by Crippen LogP contribution is -2.48. The topological polar surface area (TPSA) is 44.6 Å². The molecule has 1 aliphatic heterocycles. The van der Waals surface area contributed by atoms with Crippen LogP contribution >= 0.6 is 0 Å². The molecule has 0 amide bonds. The van der Waals surface area contributed by atoms with Crippen LogP contribution in [0, 0.1) is 0 Å². The van der Waals surface area contributed by atoms with Crippen molar-refractivity contribution < 1.29 is 0 Å². The molecule has 1 saturated heterocycles. The third kappa shape index (κ3) is 4.10. The number of guanidine groups is 1. The summed E-state index contributed by atoms with van der Waals surface area (Å²) in [6, 6.07) is 15.3. The Kier molecular flexibility index (Phi) is 5.41. The molecule has 0 bridgehead atoms. The standard InChI is InChI=1S/C19H27N5/c1-20-19(21-15-18-9-6-12-23(18)2)22-16-10-13-24(14-11-16)17-7-4-3-5-8-17/h3-9,12,16H,10-11,13-15H2,1-2H3,(H2,20,21,22). The van der Waals surface area contributed by atoms with Crippen LogP contribution in [0.4, 0.5) is 5.69 Å². The largest absolute Gasteiger partial charge is 0.371 e. The third-order valence-electron chi connectivity index (χ3n) is 4.67. The van der Waals surface area contributed by atoms with E-state index in [9.17, 15) is 0 Å². The summed E-state index contributed by atoms with van der Waals surface area (Å²) in [4.78, 5) is 6.82. The maximum Gasteiger partial charge on any atom is 0.191 e. The van der Waals surface area contributed by atoms with Gasteiger partial charge in [-0.25, -0.2) is 0 Å². The van der Waals surface area contributed by atoms with Gasteiger partial charge in [0.25, 0.3) is 0 Å². The minimum absolute atomic E-state index is 0.476. The van der Waals surface area contributed by atoms with Crippen LogP contribution in [0.5, 0.6) is 0 Å². The summed E-state index contributed by atoms with van der Waals surface area (Å²) in [6.07, 6.45) is 4.31. The first kappa shape index (κ1) is 16.4. The smallest absolute Gasteiger partial charge is 0.191 e. The molecule has 0 aliphatic carbocycles. The predicted molar refractivity (Wildman–Crippen MR) is 100 cm³/mol. The van der Waals surface area contributed by atoms with Crippen LogP contribution in [0.3, 0.4) is 0 Å². The lowest BCUT2D eigenvalue weighted by molar-refractivity contribution is 0.461. The van der Waals surface area contributed by atoms with Gasteiger partial charge in [-0.3, -0.25) is 4.99 Å². The molecule has 2 N–H and O–H groups in total. The number of aromatic nitrogens is 1. The van der Waals surface area contributed by atoms with Crippen LogP contribution in [0.25, 0.3) is 0 Å². The average Bonchev–Trinajstić information content (AvgIpc) is 3.05. The molecular formula is C19H27N5. The molecule has 1 fully saturated rings. The molecule has 1 aromatic heterocycles. The van der Waals surface area contributed by atoms with Crippen molar-refractivity contribution >= 4 is 11.6 Å². The Balaban J connectivity index is 1.47. The number of benzene rings is 1. The normalized spacial score (nSPS) is 16.2. The van der Waals surface area contributed by atoms with Gasteiger partial charge in [0.2, 0.25) is 0 Å². The predicted octanol–water partition coefficient (Wildman–Crippen LogP) is 2.36. The Bertz CT molecular complexity index is 653. The third-order valence-corrected chi connectivity index (χ3v) is 4.67. The number of nitrogens with one attached hydrogen (secondary N) is 2. The first-order valence-corrected chi connectivity index (χ1v) is 8.63. The molecule has 0 atom stereocenters. The van der Waals surface area contributed by atoms with Crippen LogP contribution in [-0.4, -0.2) is 36.7 Å². The fraction of sp³-hybridized carbons (Fsp3) is 0.421. The molecule has 2 heterocycles. The highest BCUT2D eigenvalue weighted by Crippen LogP contribution is 2.19. The summed E-state index contributed by atoms with van der Waals surface area (Å²) in [6.45, 7) is 2.94.